The molecular formula is C74H46. The van der Waals surface area contributed by atoms with Gasteiger partial charge in [0.05, 0.1) is 0 Å². The summed E-state index contributed by atoms with van der Waals surface area (Å²) in [5.74, 6) is 0. The fourth-order valence-electron chi connectivity index (χ4n) is 12.3. The smallest absolute Gasteiger partial charge is 0.00137 e. The Bertz CT molecular complexity index is 4320. The molecule has 15 aromatic carbocycles. The molecule has 0 unspecified atom stereocenters. The van der Waals surface area contributed by atoms with Gasteiger partial charge in [-0.05, 0) is 177 Å². The molecule has 0 atom stereocenters. The fraction of sp³-hybridized carbons (Fsp3) is 0. The second-order valence-corrected chi connectivity index (χ2v) is 19.9. The van der Waals surface area contributed by atoms with Crippen molar-refractivity contribution >= 4 is 86.2 Å². The van der Waals surface area contributed by atoms with Crippen LogP contribution in [0.15, 0.2) is 279 Å². The molecule has 0 aliphatic heterocycles. The molecule has 15 rings (SSSR count). The summed E-state index contributed by atoms with van der Waals surface area (Å²) in [6, 6.07) is 104. The van der Waals surface area contributed by atoms with Crippen molar-refractivity contribution in [2.24, 2.45) is 0 Å². The van der Waals surface area contributed by atoms with Crippen molar-refractivity contribution in [3.8, 4) is 66.8 Å². The van der Waals surface area contributed by atoms with Gasteiger partial charge in [-0.2, -0.15) is 0 Å². The van der Waals surface area contributed by atoms with Crippen LogP contribution in [-0.4, -0.2) is 0 Å². The Kier molecular flexibility index (Phi) is 9.68. The van der Waals surface area contributed by atoms with E-state index in [1.165, 1.54) is 153 Å². The van der Waals surface area contributed by atoms with Gasteiger partial charge in [-0.15, -0.1) is 0 Å². The molecule has 0 fully saturated rings. The maximum Gasteiger partial charge on any atom is -0.00137 e. The minimum Gasteiger partial charge on any atom is -0.0616 e. The number of rotatable bonds is 6. The summed E-state index contributed by atoms with van der Waals surface area (Å²) in [4.78, 5) is 0. The van der Waals surface area contributed by atoms with E-state index in [-0.39, 0.29) is 0 Å². The molecule has 0 spiro atoms. The van der Waals surface area contributed by atoms with Gasteiger partial charge >= 0.3 is 0 Å². The molecule has 0 nitrogen and oxygen atoms in total. The van der Waals surface area contributed by atoms with Crippen LogP contribution in [0, 0.1) is 0 Å². The zero-order valence-corrected chi connectivity index (χ0v) is 40.6. The van der Waals surface area contributed by atoms with Gasteiger partial charge in [0.15, 0.2) is 0 Å². The Balaban J connectivity index is 1.04. The zero-order valence-electron chi connectivity index (χ0n) is 40.6. The van der Waals surface area contributed by atoms with Crippen molar-refractivity contribution in [1.82, 2.24) is 0 Å². The Morgan fingerprint density at radius 1 is 0.135 bits per heavy atom. The lowest BCUT2D eigenvalue weighted by Crippen LogP contribution is -1.95. The average Bonchev–Trinajstić information content (AvgIpc) is 3.51. The molecule has 0 amide bonds. The lowest BCUT2D eigenvalue weighted by Gasteiger charge is -2.23. The van der Waals surface area contributed by atoms with E-state index in [4.69, 9.17) is 0 Å². The zero-order chi connectivity index (χ0) is 48.7. The predicted molar refractivity (Wildman–Crippen MR) is 319 cm³/mol. The summed E-state index contributed by atoms with van der Waals surface area (Å²) < 4.78 is 0. The van der Waals surface area contributed by atoms with Gasteiger partial charge in [-0.1, -0.05) is 255 Å². The van der Waals surface area contributed by atoms with Gasteiger partial charge in [0, 0.05) is 0 Å². The highest BCUT2D eigenvalue weighted by Crippen LogP contribution is 2.52. The van der Waals surface area contributed by atoms with Crippen molar-refractivity contribution in [2.45, 2.75) is 0 Å². The lowest BCUT2D eigenvalue weighted by molar-refractivity contribution is 1.61. The van der Waals surface area contributed by atoms with Crippen LogP contribution in [0.3, 0.4) is 0 Å². The molecule has 74 heavy (non-hydrogen) atoms. The van der Waals surface area contributed by atoms with Crippen LogP contribution in [0.4, 0.5) is 0 Å². The van der Waals surface area contributed by atoms with E-state index in [2.05, 4.69) is 279 Å². The Morgan fingerprint density at radius 2 is 0.405 bits per heavy atom. The lowest BCUT2D eigenvalue weighted by atomic mass is 9.80. The molecule has 15 aromatic rings. The largest absolute Gasteiger partial charge is 0.0616 e. The quantitative estimate of drug-likeness (QED) is 0.146. The third kappa shape index (κ3) is 6.77. The molecule has 342 valence electrons. The molecule has 0 saturated heterocycles. The van der Waals surface area contributed by atoms with Crippen LogP contribution in [-0.2, 0) is 0 Å². The second kappa shape index (κ2) is 17.0. The van der Waals surface area contributed by atoms with Crippen molar-refractivity contribution < 1.29 is 0 Å². The van der Waals surface area contributed by atoms with Crippen LogP contribution in [0.25, 0.3) is 153 Å². The first kappa shape index (κ1) is 42.1. The maximum atomic E-state index is 2.49. The summed E-state index contributed by atoms with van der Waals surface area (Å²) in [5.41, 5.74) is 14.7. The first-order chi connectivity index (χ1) is 36.7. The van der Waals surface area contributed by atoms with Crippen LogP contribution in [0.1, 0.15) is 0 Å². The minimum atomic E-state index is 1.18. The Hall–Kier alpha value is -9.62. The standard InChI is InChI=1S/C74H46/c1-7-23-59-49(15-1)21-13-29-61(59)51-35-31-47(32-36-51)53-39-41-67-69(45-53)73(71-63-25-9-3-17-55(63)43-56-18-4-10-26-64(56)71)68-42-40-54(48-33-37-52(38-34-48)62-30-14-22-50-16-2-8-24-60(50)62)46-70(68)74(67)72-65-27-11-5-19-57(65)44-58-20-6-12-28-66(58)72/h1-46H. The van der Waals surface area contributed by atoms with Gasteiger partial charge in [-0.25, -0.2) is 0 Å². The van der Waals surface area contributed by atoms with Crippen LogP contribution >= 0.6 is 0 Å². The highest BCUT2D eigenvalue weighted by atomic mass is 14.3. The van der Waals surface area contributed by atoms with Gasteiger partial charge in [0.25, 0.3) is 0 Å². The van der Waals surface area contributed by atoms with E-state index >= 15 is 0 Å². The van der Waals surface area contributed by atoms with Crippen molar-refractivity contribution in [2.75, 3.05) is 0 Å². The Morgan fingerprint density at radius 3 is 0.770 bits per heavy atom. The minimum absolute atomic E-state index is 1.18. The normalized spacial score (nSPS) is 11.8. The van der Waals surface area contributed by atoms with Gasteiger partial charge < -0.3 is 0 Å². The third-order valence-corrected chi connectivity index (χ3v) is 15.8. The molecule has 0 aromatic heterocycles. The molecule has 0 radical (unpaired) electrons. The topological polar surface area (TPSA) is 0 Å². The summed E-state index contributed by atoms with van der Waals surface area (Å²) >= 11 is 0. The summed E-state index contributed by atoms with van der Waals surface area (Å²) in [5, 5.41) is 19.9. The van der Waals surface area contributed by atoms with Gasteiger partial charge in [-0.3, -0.25) is 0 Å². The van der Waals surface area contributed by atoms with Crippen molar-refractivity contribution in [3.63, 3.8) is 0 Å². The molecule has 0 bridgehead atoms. The molecule has 0 heterocycles. The predicted octanol–water partition coefficient (Wildman–Crippen LogP) is 20.9. The second-order valence-electron chi connectivity index (χ2n) is 19.9. The number of hydrogen-bond donors (Lipinski definition) is 0. The van der Waals surface area contributed by atoms with E-state index in [1.54, 1.807) is 0 Å². The molecule has 0 heteroatoms. The van der Waals surface area contributed by atoms with E-state index in [0.717, 1.165) is 0 Å². The molecule has 0 N–H and O–H groups in total. The van der Waals surface area contributed by atoms with E-state index in [0.29, 0.717) is 0 Å². The third-order valence-electron chi connectivity index (χ3n) is 15.8. The number of fused-ring (bicyclic) bond motifs is 8. The number of benzene rings is 15. The van der Waals surface area contributed by atoms with Crippen molar-refractivity contribution in [1.29, 1.82) is 0 Å². The van der Waals surface area contributed by atoms with Gasteiger partial charge in [0.1, 0.15) is 0 Å². The fourth-order valence-corrected chi connectivity index (χ4v) is 12.3. The maximum absolute atomic E-state index is 2.49. The summed E-state index contributed by atoms with van der Waals surface area (Å²) in [6.45, 7) is 0. The highest BCUT2D eigenvalue weighted by molar-refractivity contribution is 6.31. The van der Waals surface area contributed by atoms with Crippen LogP contribution in [0.5, 0.6) is 0 Å². The number of hydrogen-bond acceptors (Lipinski definition) is 0. The summed E-state index contributed by atoms with van der Waals surface area (Å²) in [7, 11) is 0. The van der Waals surface area contributed by atoms with Crippen LogP contribution in [0.2, 0.25) is 0 Å². The van der Waals surface area contributed by atoms with E-state index in [1.807, 2.05) is 0 Å². The Labute approximate surface area is 429 Å². The SMILES string of the molecule is c1ccc2c(-c3ccc(-c4ccc5c(-c6c7ccccc7cc7ccccc67)c6cc(-c7ccc(-c8cccc9ccccc89)cc7)ccc6c(-c6c7ccccc7cc7ccccc67)c5c4)cc3)cccc2c1. The summed E-state index contributed by atoms with van der Waals surface area (Å²) in [6.07, 6.45) is 0. The molecule has 0 aliphatic carbocycles. The average molecular weight is 935 g/mol. The first-order valence-electron chi connectivity index (χ1n) is 25.7. The molecule has 0 saturated carbocycles. The van der Waals surface area contributed by atoms with E-state index < -0.39 is 0 Å². The molecular weight excluding hydrogens is 889 g/mol. The van der Waals surface area contributed by atoms with Crippen LogP contribution < -0.4 is 0 Å². The first-order valence-corrected chi connectivity index (χ1v) is 25.7. The molecule has 0 aliphatic rings. The van der Waals surface area contributed by atoms with Crippen molar-refractivity contribution in [3.05, 3.63) is 279 Å². The monoisotopic (exact) mass is 934 g/mol. The van der Waals surface area contributed by atoms with E-state index in [9.17, 15) is 0 Å². The highest BCUT2D eigenvalue weighted by Gasteiger charge is 2.24. The van der Waals surface area contributed by atoms with Gasteiger partial charge in [0.2, 0.25) is 0 Å².